The maximum Gasteiger partial charge on any atom is 0.225 e. The number of hydrogen-bond donors (Lipinski definition) is 3. The lowest BCUT2D eigenvalue weighted by molar-refractivity contribution is 0.577. The van der Waals surface area contributed by atoms with Gasteiger partial charge >= 0.3 is 0 Å². The second-order valence-electron chi connectivity index (χ2n) is 4.49. The van der Waals surface area contributed by atoms with Gasteiger partial charge < -0.3 is 20.9 Å². The highest BCUT2D eigenvalue weighted by Gasteiger charge is 2.17. The SMILES string of the molecule is N=Cc1c(NCCCBr)nc(N)n2nc(-c3ccco3)nc12. The molecule has 3 aromatic heterocycles. The van der Waals surface area contributed by atoms with Gasteiger partial charge in [-0.25, -0.2) is 4.98 Å². The molecule has 8 nitrogen and oxygen atoms in total. The second kappa shape index (κ2) is 6.14. The standard InChI is InChI=1S/C13H14BrN7O/c14-4-2-5-17-10-8(7-15)12-18-11(9-3-1-6-22-9)20-21(12)13(16)19-10/h1,3,6-7,15,17H,2,4-5H2,(H2,16,19). The summed E-state index contributed by atoms with van der Waals surface area (Å²) in [5.74, 6) is 1.67. The summed E-state index contributed by atoms with van der Waals surface area (Å²) in [4.78, 5) is 8.68. The van der Waals surface area contributed by atoms with Crippen LogP contribution >= 0.6 is 15.9 Å². The first-order chi connectivity index (χ1) is 10.7. The Morgan fingerprint density at radius 3 is 3.00 bits per heavy atom. The zero-order valence-corrected chi connectivity index (χ0v) is 13.2. The van der Waals surface area contributed by atoms with Gasteiger partial charge in [0.25, 0.3) is 0 Å². The van der Waals surface area contributed by atoms with Crippen LogP contribution in [-0.4, -0.2) is 37.7 Å². The smallest absolute Gasteiger partial charge is 0.225 e. The Bertz CT molecular complexity index is 796. The molecule has 3 heterocycles. The first-order valence-electron chi connectivity index (χ1n) is 6.65. The summed E-state index contributed by atoms with van der Waals surface area (Å²) < 4.78 is 6.71. The molecule has 0 aliphatic rings. The van der Waals surface area contributed by atoms with Gasteiger partial charge in [0.15, 0.2) is 11.4 Å². The van der Waals surface area contributed by atoms with Crippen molar-refractivity contribution in [3.8, 4) is 11.6 Å². The first-order valence-corrected chi connectivity index (χ1v) is 7.77. The van der Waals surface area contributed by atoms with Crippen LogP contribution in [0.15, 0.2) is 22.8 Å². The lowest BCUT2D eigenvalue weighted by Gasteiger charge is -2.09. The van der Waals surface area contributed by atoms with Crippen molar-refractivity contribution >= 4 is 39.6 Å². The molecule has 9 heteroatoms. The Kier molecular flexibility index (Phi) is 4.05. The van der Waals surface area contributed by atoms with Gasteiger partial charge in [0.2, 0.25) is 11.8 Å². The van der Waals surface area contributed by atoms with Crippen molar-refractivity contribution in [3.63, 3.8) is 0 Å². The maximum absolute atomic E-state index is 7.64. The molecule has 114 valence electrons. The Morgan fingerprint density at radius 2 is 2.32 bits per heavy atom. The molecule has 0 atom stereocenters. The molecule has 0 aliphatic heterocycles. The molecule has 4 N–H and O–H groups in total. The third kappa shape index (κ3) is 2.54. The van der Waals surface area contributed by atoms with E-state index in [9.17, 15) is 0 Å². The first kappa shape index (κ1) is 14.5. The van der Waals surface area contributed by atoms with Gasteiger partial charge in [-0.1, -0.05) is 15.9 Å². The van der Waals surface area contributed by atoms with Crippen molar-refractivity contribution in [1.29, 1.82) is 5.41 Å². The Hall–Kier alpha value is -2.42. The highest BCUT2D eigenvalue weighted by Crippen LogP contribution is 2.23. The number of rotatable bonds is 6. The van der Waals surface area contributed by atoms with E-state index in [1.165, 1.54) is 10.7 Å². The zero-order valence-electron chi connectivity index (χ0n) is 11.6. The molecular formula is C13H14BrN7O. The van der Waals surface area contributed by atoms with Crippen molar-refractivity contribution in [2.75, 3.05) is 22.9 Å². The fourth-order valence-electron chi connectivity index (χ4n) is 2.03. The average molecular weight is 364 g/mol. The highest BCUT2D eigenvalue weighted by atomic mass is 79.9. The molecule has 0 spiro atoms. The molecule has 0 aromatic carbocycles. The largest absolute Gasteiger partial charge is 0.461 e. The minimum atomic E-state index is 0.201. The molecule has 3 aromatic rings. The van der Waals surface area contributed by atoms with Gasteiger partial charge in [-0.2, -0.15) is 9.50 Å². The third-order valence-electron chi connectivity index (χ3n) is 3.04. The number of anilines is 2. The summed E-state index contributed by atoms with van der Waals surface area (Å²) in [6.45, 7) is 0.716. The van der Waals surface area contributed by atoms with Crippen LogP contribution in [0.25, 0.3) is 17.2 Å². The van der Waals surface area contributed by atoms with Gasteiger partial charge in [0.05, 0.1) is 11.8 Å². The van der Waals surface area contributed by atoms with E-state index in [0.717, 1.165) is 11.8 Å². The topological polar surface area (TPSA) is 118 Å². The summed E-state index contributed by atoms with van der Waals surface area (Å²) in [5.41, 5.74) is 6.95. The van der Waals surface area contributed by atoms with Gasteiger partial charge in [0.1, 0.15) is 5.82 Å². The fourth-order valence-corrected chi connectivity index (χ4v) is 2.31. The number of aromatic nitrogens is 4. The van der Waals surface area contributed by atoms with E-state index in [-0.39, 0.29) is 5.95 Å². The van der Waals surface area contributed by atoms with Crippen LogP contribution in [0.1, 0.15) is 12.0 Å². The number of nitrogens with zero attached hydrogens (tertiary/aromatic N) is 4. The van der Waals surface area contributed by atoms with E-state index in [2.05, 4.69) is 36.3 Å². The van der Waals surface area contributed by atoms with Gasteiger partial charge in [0, 0.05) is 18.1 Å². The predicted molar refractivity (Wildman–Crippen MR) is 87.7 cm³/mol. The lowest BCUT2D eigenvalue weighted by atomic mass is 10.3. The quantitative estimate of drug-likeness (QED) is 0.350. The number of nitrogens with one attached hydrogen (secondary N) is 2. The summed E-state index contributed by atoms with van der Waals surface area (Å²) in [6, 6.07) is 3.52. The van der Waals surface area contributed by atoms with Crippen molar-refractivity contribution in [3.05, 3.63) is 24.0 Å². The van der Waals surface area contributed by atoms with Gasteiger partial charge in [-0.15, -0.1) is 5.10 Å². The van der Waals surface area contributed by atoms with Crippen molar-refractivity contribution < 1.29 is 4.42 Å². The molecule has 0 fully saturated rings. The monoisotopic (exact) mass is 363 g/mol. The molecule has 0 radical (unpaired) electrons. The van der Waals surface area contributed by atoms with E-state index < -0.39 is 0 Å². The molecule has 22 heavy (non-hydrogen) atoms. The fraction of sp³-hybridized carbons (Fsp3) is 0.231. The van der Waals surface area contributed by atoms with Crippen molar-refractivity contribution in [2.24, 2.45) is 0 Å². The Balaban J connectivity index is 2.10. The van der Waals surface area contributed by atoms with Crippen molar-refractivity contribution in [1.82, 2.24) is 19.6 Å². The molecule has 0 saturated heterocycles. The van der Waals surface area contributed by atoms with E-state index in [1.54, 1.807) is 18.4 Å². The van der Waals surface area contributed by atoms with Crippen LogP contribution < -0.4 is 11.1 Å². The van der Waals surface area contributed by atoms with E-state index >= 15 is 0 Å². The number of alkyl halides is 1. The number of fused-ring (bicyclic) bond motifs is 1. The summed E-state index contributed by atoms with van der Waals surface area (Å²) in [5, 5.41) is 16.0. The Labute approximate surface area is 134 Å². The van der Waals surface area contributed by atoms with E-state index in [0.29, 0.717) is 35.2 Å². The minimum Gasteiger partial charge on any atom is -0.461 e. The summed E-state index contributed by atoms with van der Waals surface area (Å²) >= 11 is 3.37. The number of furan rings is 1. The Morgan fingerprint density at radius 1 is 1.45 bits per heavy atom. The van der Waals surface area contributed by atoms with Crippen LogP contribution in [0.5, 0.6) is 0 Å². The molecule has 0 aliphatic carbocycles. The van der Waals surface area contributed by atoms with Crippen LogP contribution in [0.3, 0.4) is 0 Å². The summed E-state index contributed by atoms with van der Waals surface area (Å²) in [6.07, 6.45) is 3.67. The molecule has 3 rings (SSSR count). The van der Waals surface area contributed by atoms with Gasteiger partial charge in [-0.3, -0.25) is 0 Å². The van der Waals surface area contributed by atoms with E-state index in [4.69, 9.17) is 15.6 Å². The van der Waals surface area contributed by atoms with Crippen LogP contribution in [0.4, 0.5) is 11.8 Å². The van der Waals surface area contributed by atoms with Crippen LogP contribution in [-0.2, 0) is 0 Å². The van der Waals surface area contributed by atoms with Crippen LogP contribution in [0, 0.1) is 5.41 Å². The summed E-state index contributed by atoms with van der Waals surface area (Å²) in [7, 11) is 0. The molecule has 0 unspecified atom stereocenters. The normalized spacial score (nSPS) is 11.0. The predicted octanol–water partition coefficient (Wildman–Crippen LogP) is 2.16. The van der Waals surface area contributed by atoms with E-state index in [1.807, 2.05) is 0 Å². The second-order valence-corrected chi connectivity index (χ2v) is 5.29. The molecule has 0 saturated carbocycles. The third-order valence-corrected chi connectivity index (χ3v) is 3.60. The number of nitrogen functional groups attached to an aromatic ring is 1. The number of hydrogen-bond acceptors (Lipinski definition) is 7. The zero-order chi connectivity index (χ0) is 15.5. The maximum atomic E-state index is 7.64. The minimum absolute atomic E-state index is 0.201. The highest BCUT2D eigenvalue weighted by molar-refractivity contribution is 9.09. The van der Waals surface area contributed by atoms with Gasteiger partial charge in [-0.05, 0) is 18.6 Å². The lowest BCUT2D eigenvalue weighted by Crippen LogP contribution is -2.12. The molecular weight excluding hydrogens is 350 g/mol. The average Bonchev–Trinajstić information content (AvgIpc) is 3.17. The van der Waals surface area contributed by atoms with Crippen LogP contribution in [0.2, 0.25) is 0 Å². The molecule has 0 bridgehead atoms. The number of nitrogens with two attached hydrogens (primary N) is 1. The number of halogens is 1. The molecule has 0 amide bonds. The van der Waals surface area contributed by atoms with Crippen molar-refractivity contribution in [2.45, 2.75) is 6.42 Å².